The highest BCUT2D eigenvalue weighted by Crippen LogP contribution is 2.25. The van der Waals surface area contributed by atoms with Crippen LogP contribution in [0.4, 0.5) is 10.1 Å². The van der Waals surface area contributed by atoms with Crippen molar-refractivity contribution in [1.82, 2.24) is 4.98 Å². The average Bonchev–Trinajstić information content (AvgIpc) is 2.41. The molecule has 0 aliphatic heterocycles. The van der Waals surface area contributed by atoms with Crippen LogP contribution in [0.1, 0.15) is 29.9 Å². The summed E-state index contributed by atoms with van der Waals surface area (Å²) in [5.41, 5.74) is 3.74. The number of rotatable bonds is 4. The van der Waals surface area contributed by atoms with Gasteiger partial charge in [-0.1, -0.05) is 6.07 Å². The number of hydrogen-bond donors (Lipinski definition) is 1. The number of nitrogens with one attached hydrogen (secondary N) is 1. The number of pyridine rings is 1. The van der Waals surface area contributed by atoms with Crippen LogP contribution in [-0.2, 0) is 0 Å². The SMILES string of the molecule is COc1ccc(C(C)Nc2ccc(C)nc2C)cc1F. The molecule has 0 radical (unpaired) electrons. The summed E-state index contributed by atoms with van der Waals surface area (Å²) < 4.78 is 18.6. The van der Waals surface area contributed by atoms with Crippen LogP contribution in [-0.4, -0.2) is 12.1 Å². The highest BCUT2D eigenvalue weighted by atomic mass is 19.1. The summed E-state index contributed by atoms with van der Waals surface area (Å²) >= 11 is 0. The molecule has 0 spiro atoms. The Balaban J connectivity index is 2.19. The van der Waals surface area contributed by atoms with Crippen LogP contribution in [0, 0.1) is 19.7 Å². The zero-order valence-corrected chi connectivity index (χ0v) is 12.2. The maximum Gasteiger partial charge on any atom is 0.165 e. The van der Waals surface area contributed by atoms with Crippen LogP contribution in [0.15, 0.2) is 30.3 Å². The Kier molecular flexibility index (Phi) is 4.23. The maximum atomic E-state index is 13.7. The minimum absolute atomic E-state index is 0.0152. The van der Waals surface area contributed by atoms with Gasteiger partial charge in [-0.15, -0.1) is 0 Å². The van der Waals surface area contributed by atoms with Gasteiger partial charge in [0.1, 0.15) is 0 Å². The molecule has 0 aliphatic carbocycles. The van der Waals surface area contributed by atoms with E-state index in [1.54, 1.807) is 6.07 Å². The number of methoxy groups -OCH3 is 1. The standard InChI is InChI=1S/C16H19FN2O/c1-10-5-7-15(12(3)18-10)19-11(2)13-6-8-16(20-4)14(17)9-13/h5-9,11,19H,1-4H3. The first-order valence-corrected chi connectivity index (χ1v) is 6.55. The van der Waals surface area contributed by atoms with Gasteiger partial charge in [-0.2, -0.15) is 0 Å². The molecule has 2 rings (SSSR count). The lowest BCUT2D eigenvalue weighted by Crippen LogP contribution is -2.09. The van der Waals surface area contributed by atoms with E-state index in [1.165, 1.54) is 13.2 Å². The zero-order valence-electron chi connectivity index (χ0n) is 12.2. The molecular formula is C16H19FN2O. The minimum atomic E-state index is -0.350. The normalized spacial score (nSPS) is 12.1. The predicted molar refractivity (Wildman–Crippen MR) is 78.7 cm³/mol. The van der Waals surface area contributed by atoms with Gasteiger partial charge in [-0.05, 0) is 50.6 Å². The van der Waals surface area contributed by atoms with E-state index in [-0.39, 0.29) is 17.6 Å². The molecule has 1 heterocycles. The van der Waals surface area contributed by atoms with Crippen molar-refractivity contribution >= 4 is 5.69 Å². The Labute approximate surface area is 118 Å². The second-order valence-corrected chi connectivity index (χ2v) is 4.85. The molecule has 3 nitrogen and oxygen atoms in total. The number of ether oxygens (including phenoxy) is 1. The Bertz CT molecular complexity index is 613. The molecule has 1 aromatic carbocycles. The molecule has 1 unspecified atom stereocenters. The number of halogens is 1. The molecule has 4 heteroatoms. The van der Waals surface area contributed by atoms with E-state index < -0.39 is 0 Å². The summed E-state index contributed by atoms with van der Waals surface area (Å²) in [5.74, 6) is -0.0912. The topological polar surface area (TPSA) is 34.1 Å². The van der Waals surface area contributed by atoms with Gasteiger partial charge in [-0.3, -0.25) is 4.98 Å². The Morgan fingerprint density at radius 1 is 1.20 bits per heavy atom. The highest BCUT2D eigenvalue weighted by Gasteiger charge is 2.11. The number of hydrogen-bond acceptors (Lipinski definition) is 3. The molecule has 0 fully saturated rings. The van der Waals surface area contributed by atoms with Crippen molar-refractivity contribution in [2.24, 2.45) is 0 Å². The molecule has 1 aromatic heterocycles. The lowest BCUT2D eigenvalue weighted by atomic mass is 10.1. The number of aryl methyl sites for hydroxylation is 2. The minimum Gasteiger partial charge on any atom is -0.494 e. The molecule has 106 valence electrons. The Hall–Kier alpha value is -2.10. The van der Waals surface area contributed by atoms with Gasteiger partial charge in [0.2, 0.25) is 0 Å². The van der Waals surface area contributed by atoms with E-state index in [4.69, 9.17) is 4.74 Å². The molecule has 1 N–H and O–H groups in total. The zero-order chi connectivity index (χ0) is 14.7. The van der Waals surface area contributed by atoms with Crippen molar-refractivity contribution in [3.63, 3.8) is 0 Å². The first-order chi connectivity index (χ1) is 9.51. The lowest BCUT2D eigenvalue weighted by molar-refractivity contribution is 0.386. The predicted octanol–water partition coefficient (Wildman–Crippen LogP) is 4.02. The summed E-state index contributed by atoms with van der Waals surface area (Å²) in [5, 5.41) is 3.35. The van der Waals surface area contributed by atoms with Gasteiger partial charge >= 0.3 is 0 Å². The summed E-state index contributed by atoms with van der Waals surface area (Å²) in [6.07, 6.45) is 0. The van der Waals surface area contributed by atoms with E-state index in [0.717, 1.165) is 22.6 Å². The molecule has 1 atom stereocenters. The quantitative estimate of drug-likeness (QED) is 0.914. The van der Waals surface area contributed by atoms with Crippen molar-refractivity contribution in [2.45, 2.75) is 26.8 Å². The molecule has 0 aliphatic rings. The van der Waals surface area contributed by atoms with Crippen LogP contribution >= 0.6 is 0 Å². The molecule has 0 saturated heterocycles. The van der Waals surface area contributed by atoms with E-state index in [2.05, 4.69) is 10.3 Å². The monoisotopic (exact) mass is 274 g/mol. The lowest BCUT2D eigenvalue weighted by Gasteiger charge is -2.18. The van der Waals surface area contributed by atoms with Crippen molar-refractivity contribution in [3.05, 3.63) is 53.1 Å². The van der Waals surface area contributed by atoms with Gasteiger partial charge in [0, 0.05) is 11.7 Å². The molecule has 0 bridgehead atoms. The summed E-state index contributed by atoms with van der Waals surface area (Å²) in [4.78, 5) is 4.41. The van der Waals surface area contributed by atoms with Crippen LogP contribution in [0.5, 0.6) is 5.75 Å². The molecule has 0 saturated carbocycles. The van der Waals surface area contributed by atoms with Gasteiger partial charge in [0.05, 0.1) is 18.5 Å². The van der Waals surface area contributed by atoms with Crippen molar-refractivity contribution < 1.29 is 9.13 Å². The fourth-order valence-corrected chi connectivity index (χ4v) is 2.11. The maximum absolute atomic E-state index is 13.7. The summed E-state index contributed by atoms with van der Waals surface area (Å²) in [6.45, 7) is 5.90. The highest BCUT2D eigenvalue weighted by molar-refractivity contribution is 5.49. The third-order valence-electron chi connectivity index (χ3n) is 3.27. The van der Waals surface area contributed by atoms with Gasteiger partial charge in [-0.25, -0.2) is 4.39 Å². The van der Waals surface area contributed by atoms with Crippen LogP contribution in [0.25, 0.3) is 0 Å². The third kappa shape index (κ3) is 3.07. The molecular weight excluding hydrogens is 255 g/mol. The molecule has 20 heavy (non-hydrogen) atoms. The van der Waals surface area contributed by atoms with Crippen LogP contribution in [0.3, 0.4) is 0 Å². The van der Waals surface area contributed by atoms with Crippen LogP contribution < -0.4 is 10.1 Å². The smallest absolute Gasteiger partial charge is 0.165 e. The number of benzene rings is 1. The van der Waals surface area contributed by atoms with Crippen molar-refractivity contribution in [1.29, 1.82) is 0 Å². The Morgan fingerprint density at radius 2 is 1.95 bits per heavy atom. The van der Waals surface area contributed by atoms with E-state index in [9.17, 15) is 4.39 Å². The van der Waals surface area contributed by atoms with Crippen LogP contribution in [0.2, 0.25) is 0 Å². The number of anilines is 1. The first kappa shape index (κ1) is 14.3. The van der Waals surface area contributed by atoms with E-state index in [1.807, 2.05) is 39.0 Å². The summed E-state index contributed by atoms with van der Waals surface area (Å²) in [7, 11) is 1.46. The first-order valence-electron chi connectivity index (χ1n) is 6.55. The second kappa shape index (κ2) is 5.90. The van der Waals surface area contributed by atoms with Gasteiger partial charge in [0.25, 0.3) is 0 Å². The number of nitrogens with zero attached hydrogens (tertiary/aromatic N) is 1. The summed E-state index contributed by atoms with van der Waals surface area (Å²) in [6, 6.07) is 8.93. The van der Waals surface area contributed by atoms with Crippen molar-refractivity contribution in [2.75, 3.05) is 12.4 Å². The van der Waals surface area contributed by atoms with E-state index >= 15 is 0 Å². The second-order valence-electron chi connectivity index (χ2n) is 4.85. The Morgan fingerprint density at radius 3 is 2.55 bits per heavy atom. The fraction of sp³-hybridized carbons (Fsp3) is 0.312. The van der Waals surface area contributed by atoms with Crippen molar-refractivity contribution in [3.8, 4) is 5.75 Å². The third-order valence-corrected chi connectivity index (χ3v) is 3.27. The fourth-order valence-electron chi connectivity index (χ4n) is 2.11. The largest absolute Gasteiger partial charge is 0.494 e. The molecule has 0 amide bonds. The van der Waals surface area contributed by atoms with Gasteiger partial charge in [0.15, 0.2) is 11.6 Å². The van der Waals surface area contributed by atoms with Gasteiger partial charge < -0.3 is 10.1 Å². The average molecular weight is 274 g/mol. The molecule has 2 aromatic rings. The van der Waals surface area contributed by atoms with E-state index in [0.29, 0.717) is 0 Å². The number of aromatic nitrogens is 1.